The van der Waals surface area contributed by atoms with Gasteiger partial charge in [-0.05, 0) is 67.4 Å². The lowest BCUT2D eigenvalue weighted by atomic mass is 10.1. The molecular weight excluding hydrogens is 406 g/mol. The number of hydrogen-bond acceptors (Lipinski definition) is 4. The number of nitrogens with zero attached hydrogens (tertiary/aromatic N) is 1. The second-order valence-corrected chi connectivity index (χ2v) is 8.19. The molecule has 1 heterocycles. The second kappa shape index (κ2) is 8.68. The van der Waals surface area contributed by atoms with Gasteiger partial charge in [0.05, 0.1) is 10.6 Å². The number of hydrogen-bond donors (Lipinski definition) is 2. The van der Waals surface area contributed by atoms with Gasteiger partial charge in [-0.3, -0.25) is 9.59 Å². The van der Waals surface area contributed by atoms with Gasteiger partial charge in [-0.2, -0.15) is 0 Å². The first-order valence-corrected chi connectivity index (χ1v) is 10.4. The molecule has 4 rings (SSSR count). The van der Waals surface area contributed by atoms with E-state index in [0.29, 0.717) is 21.8 Å². The molecule has 0 atom stereocenters. The molecule has 1 fully saturated rings. The van der Waals surface area contributed by atoms with Crippen molar-refractivity contribution in [3.05, 3.63) is 83.0 Å². The van der Waals surface area contributed by atoms with Crippen LogP contribution in [0.1, 0.15) is 33.6 Å². The van der Waals surface area contributed by atoms with Crippen molar-refractivity contribution < 1.29 is 9.59 Å². The zero-order valence-electron chi connectivity index (χ0n) is 15.4. The van der Waals surface area contributed by atoms with E-state index >= 15 is 0 Å². The van der Waals surface area contributed by atoms with Crippen molar-refractivity contribution in [3.63, 3.8) is 0 Å². The number of anilines is 1. The largest absolute Gasteiger partial charge is 0.349 e. The van der Waals surface area contributed by atoms with Crippen LogP contribution in [0.15, 0.2) is 76.8 Å². The molecule has 0 unspecified atom stereocenters. The van der Waals surface area contributed by atoms with Crippen molar-refractivity contribution in [1.29, 1.82) is 0 Å². The quantitative estimate of drug-likeness (QED) is 0.583. The maximum absolute atomic E-state index is 12.5. The first-order valence-electron chi connectivity index (χ1n) is 9.19. The van der Waals surface area contributed by atoms with Gasteiger partial charge < -0.3 is 10.6 Å². The highest BCUT2D eigenvalue weighted by atomic mass is 35.5. The van der Waals surface area contributed by atoms with Gasteiger partial charge in [0.25, 0.3) is 11.8 Å². The highest BCUT2D eigenvalue weighted by Gasteiger charge is 2.24. The van der Waals surface area contributed by atoms with E-state index in [2.05, 4.69) is 15.6 Å². The fourth-order valence-corrected chi connectivity index (χ4v) is 3.71. The smallest absolute Gasteiger partial charge is 0.255 e. The molecule has 7 heteroatoms. The summed E-state index contributed by atoms with van der Waals surface area (Å²) in [5.74, 6) is -0.429. The number of pyridine rings is 1. The number of halogens is 1. The van der Waals surface area contributed by atoms with E-state index in [1.54, 1.807) is 36.5 Å². The van der Waals surface area contributed by atoms with E-state index in [1.165, 1.54) is 11.8 Å². The van der Waals surface area contributed by atoms with E-state index in [-0.39, 0.29) is 17.9 Å². The number of carbonyl (C=O) groups excluding carboxylic acids is 2. The molecule has 5 nitrogen and oxygen atoms in total. The van der Waals surface area contributed by atoms with Gasteiger partial charge in [0.15, 0.2) is 0 Å². The van der Waals surface area contributed by atoms with Crippen LogP contribution in [0.3, 0.4) is 0 Å². The minimum atomic E-state index is -0.245. The molecule has 0 bridgehead atoms. The van der Waals surface area contributed by atoms with Crippen LogP contribution in [-0.4, -0.2) is 22.8 Å². The Morgan fingerprint density at radius 3 is 2.45 bits per heavy atom. The molecular formula is C22H18ClN3O2S. The lowest BCUT2D eigenvalue weighted by Crippen LogP contribution is -2.25. The van der Waals surface area contributed by atoms with Crippen LogP contribution >= 0.6 is 23.4 Å². The van der Waals surface area contributed by atoms with E-state index < -0.39 is 0 Å². The van der Waals surface area contributed by atoms with Crippen molar-refractivity contribution in [2.24, 2.45) is 0 Å². The molecule has 0 spiro atoms. The van der Waals surface area contributed by atoms with Crippen molar-refractivity contribution >= 4 is 40.9 Å². The zero-order valence-corrected chi connectivity index (χ0v) is 17.0. The summed E-state index contributed by atoms with van der Waals surface area (Å²) >= 11 is 7.76. The van der Waals surface area contributed by atoms with E-state index in [1.807, 2.05) is 30.3 Å². The van der Waals surface area contributed by atoms with Crippen LogP contribution in [0.5, 0.6) is 0 Å². The van der Waals surface area contributed by atoms with Crippen molar-refractivity contribution in [2.45, 2.75) is 28.8 Å². The molecule has 0 radical (unpaired) electrons. The highest BCUT2D eigenvalue weighted by Crippen LogP contribution is 2.27. The zero-order chi connectivity index (χ0) is 20.2. The van der Waals surface area contributed by atoms with Gasteiger partial charge in [0.2, 0.25) is 0 Å². The van der Waals surface area contributed by atoms with Crippen molar-refractivity contribution in [3.8, 4) is 0 Å². The third-order valence-electron chi connectivity index (χ3n) is 4.36. The summed E-state index contributed by atoms with van der Waals surface area (Å²) in [7, 11) is 0. The SMILES string of the molecule is O=C(Nc1ccc(C(=O)NC2CC2)c(Cl)c1)c1ccc(Sc2ccccn2)cc1. The number of benzene rings is 2. The molecule has 0 saturated heterocycles. The predicted octanol–water partition coefficient (Wildman–Crippen LogP) is 5.03. The molecule has 1 aliphatic carbocycles. The fourth-order valence-electron chi connectivity index (χ4n) is 2.67. The summed E-state index contributed by atoms with van der Waals surface area (Å²) in [4.78, 5) is 29.9. The van der Waals surface area contributed by atoms with Gasteiger partial charge in [-0.25, -0.2) is 4.98 Å². The third kappa shape index (κ3) is 5.16. The molecule has 2 amide bonds. The average molecular weight is 424 g/mol. The van der Waals surface area contributed by atoms with Gasteiger partial charge >= 0.3 is 0 Å². The molecule has 2 N–H and O–H groups in total. The van der Waals surface area contributed by atoms with Crippen LogP contribution in [0, 0.1) is 0 Å². The molecule has 2 aromatic carbocycles. The highest BCUT2D eigenvalue weighted by molar-refractivity contribution is 7.99. The summed E-state index contributed by atoms with van der Waals surface area (Å²) < 4.78 is 0. The van der Waals surface area contributed by atoms with Crippen LogP contribution < -0.4 is 10.6 Å². The normalized spacial score (nSPS) is 13.0. The molecule has 3 aromatic rings. The lowest BCUT2D eigenvalue weighted by molar-refractivity contribution is 0.0950. The molecule has 1 aliphatic rings. The number of nitrogens with one attached hydrogen (secondary N) is 2. The summed E-state index contributed by atoms with van der Waals surface area (Å²) in [6.07, 6.45) is 3.77. The van der Waals surface area contributed by atoms with Crippen LogP contribution in [0.25, 0.3) is 0 Å². The fraction of sp³-hybridized carbons (Fsp3) is 0.136. The number of amides is 2. The summed E-state index contributed by atoms with van der Waals surface area (Å²) in [5.41, 5.74) is 1.48. The Balaban J connectivity index is 1.39. The Morgan fingerprint density at radius 1 is 1.00 bits per heavy atom. The molecule has 1 saturated carbocycles. The monoisotopic (exact) mass is 423 g/mol. The van der Waals surface area contributed by atoms with Crippen molar-refractivity contribution in [2.75, 3.05) is 5.32 Å². The number of aromatic nitrogens is 1. The van der Waals surface area contributed by atoms with Crippen LogP contribution in [0.2, 0.25) is 5.02 Å². The standard InChI is InChI=1S/C22H18ClN3O2S/c23-19-13-16(8-11-18(19)22(28)25-15-6-7-15)26-21(27)14-4-9-17(10-5-14)29-20-3-1-2-12-24-20/h1-5,8-13,15H,6-7H2,(H,25,28)(H,26,27). The number of carbonyl (C=O) groups is 2. The first-order chi connectivity index (χ1) is 14.1. The number of rotatable bonds is 6. The Bertz CT molecular complexity index is 1040. The Hall–Kier alpha value is -2.83. The predicted molar refractivity (Wildman–Crippen MR) is 115 cm³/mol. The molecule has 29 heavy (non-hydrogen) atoms. The van der Waals surface area contributed by atoms with E-state index in [9.17, 15) is 9.59 Å². The topological polar surface area (TPSA) is 71.1 Å². The third-order valence-corrected chi connectivity index (χ3v) is 5.63. The minimum absolute atomic E-state index is 0.184. The van der Waals surface area contributed by atoms with Gasteiger partial charge in [-0.1, -0.05) is 29.4 Å². The minimum Gasteiger partial charge on any atom is -0.349 e. The maximum atomic E-state index is 12.5. The van der Waals surface area contributed by atoms with Gasteiger partial charge in [0, 0.05) is 28.4 Å². The second-order valence-electron chi connectivity index (χ2n) is 6.69. The first kappa shape index (κ1) is 19.5. The molecule has 0 aliphatic heterocycles. The molecule has 1 aromatic heterocycles. The van der Waals surface area contributed by atoms with E-state index in [4.69, 9.17) is 11.6 Å². The lowest BCUT2D eigenvalue weighted by Gasteiger charge is -2.09. The van der Waals surface area contributed by atoms with Crippen LogP contribution in [-0.2, 0) is 0 Å². The van der Waals surface area contributed by atoms with Gasteiger partial charge in [0.1, 0.15) is 5.03 Å². The van der Waals surface area contributed by atoms with Gasteiger partial charge in [-0.15, -0.1) is 0 Å². The summed E-state index contributed by atoms with van der Waals surface area (Å²) in [5, 5.41) is 6.92. The average Bonchev–Trinajstić information content (AvgIpc) is 3.53. The van der Waals surface area contributed by atoms with E-state index in [0.717, 1.165) is 22.8 Å². The summed E-state index contributed by atoms with van der Waals surface area (Å²) in [6, 6.07) is 18.2. The Labute approximate surface area is 177 Å². The van der Waals surface area contributed by atoms with Crippen molar-refractivity contribution in [1.82, 2.24) is 10.3 Å². The van der Waals surface area contributed by atoms with Crippen LogP contribution in [0.4, 0.5) is 5.69 Å². The maximum Gasteiger partial charge on any atom is 0.255 e. The Morgan fingerprint density at radius 2 is 1.79 bits per heavy atom. The Kier molecular flexibility index (Phi) is 5.83. The molecule has 146 valence electrons. The summed E-state index contributed by atoms with van der Waals surface area (Å²) in [6.45, 7) is 0.